The summed E-state index contributed by atoms with van der Waals surface area (Å²) in [4.78, 5) is 28.3. The maximum atomic E-state index is 12.3. The van der Waals surface area contributed by atoms with Crippen LogP contribution in [0.25, 0.3) is 0 Å². The topological polar surface area (TPSA) is 61.9 Å². The lowest BCUT2D eigenvalue weighted by atomic mass is 10.2. The van der Waals surface area contributed by atoms with E-state index >= 15 is 0 Å². The van der Waals surface area contributed by atoms with Gasteiger partial charge in [0.25, 0.3) is 0 Å². The van der Waals surface area contributed by atoms with E-state index in [-0.39, 0.29) is 18.2 Å². The highest BCUT2D eigenvalue weighted by molar-refractivity contribution is 5.94. The highest BCUT2D eigenvalue weighted by Crippen LogP contribution is 2.22. The summed E-state index contributed by atoms with van der Waals surface area (Å²) in [6.07, 6.45) is 2.69. The van der Waals surface area contributed by atoms with Crippen molar-refractivity contribution in [3.63, 3.8) is 0 Å². The molecule has 148 valence electrons. The van der Waals surface area contributed by atoms with Crippen LogP contribution in [0.1, 0.15) is 26.2 Å². The number of carbonyl (C=O) groups is 2. The second-order valence-corrected chi connectivity index (χ2v) is 6.91. The van der Waals surface area contributed by atoms with Crippen LogP contribution in [0.2, 0.25) is 0 Å². The van der Waals surface area contributed by atoms with Gasteiger partial charge in [0.15, 0.2) is 0 Å². The largest absolute Gasteiger partial charge is 0.497 e. The summed E-state index contributed by atoms with van der Waals surface area (Å²) in [5.74, 6) is 0.504. The lowest BCUT2D eigenvalue weighted by molar-refractivity contribution is -0.117. The quantitative estimate of drug-likeness (QED) is 0.795. The fourth-order valence-electron chi connectivity index (χ4n) is 3.40. The Morgan fingerprint density at radius 1 is 1.04 bits per heavy atom. The third-order valence-corrected chi connectivity index (χ3v) is 4.95. The van der Waals surface area contributed by atoms with Crippen molar-refractivity contribution in [1.82, 2.24) is 0 Å². The van der Waals surface area contributed by atoms with E-state index in [1.807, 2.05) is 36.4 Å². The molecule has 0 atom stereocenters. The summed E-state index contributed by atoms with van der Waals surface area (Å²) in [7, 11) is 1.60. The van der Waals surface area contributed by atoms with Gasteiger partial charge in [0, 0.05) is 50.0 Å². The number of ether oxygens (including phenoxy) is 1. The molecule has 1 saturated heterocycles. The van der Waals surface area contributed by atoms with Crippen molar-refractivity contribution in [3.8, 4) is 5.75 Å². The van der Waals surface area contributed by atoms with Gasteiger partial charge in [-0.3, -0.25) is 9.59 Å². The van der Waals surface area contributed by atoms with Gasteiger partial charge in [-0.1, -0.05) is 0 Å². The molecule has 0 saturated carbocycles. The van der Waals surface area contributed by atoms with Crippen LogP contribution in [-0.2, 0) is 9.59 Å². The molecule has 1 aliphatic rings. The van der Waals surface area contributed by atoms with Crippen molar-refractivity contribution in [2.45, 2.75) is 26.2 Å². The predicted octanol–water partition coefficient (Wildman–Crippen LogP) is 3.68. The van der Waals surface area contributed by atoms with Gasteiger partial charge >= 0.3 is 0 Å². The van der Waals surface area contributed by atoms with Crippen LogP contribution in [0, 0.1) is 0 Å². The molecule has 2 amide bonds. The summed E-state index contributed by atoms with van der Waals surface area (Å²) in [5, 5.41) is 2.91. The van der Waals surface area contributed by atoms with E-state index in [9.17, 15) is 9.59 Å². The minimum absolute atomic E-state index is 0.104. The van der Waals surface area contributed by atoms with Gasteiger partial charge < -0.3 is 19.9 Å². The first-order valence-electron chi connectivity index (χ1n) is 9.64. The molecule has 1 heterocycles. The Morgan fingerprint density at radius 2 is 1.68 bits per heavy atom. The lowest BCUT2D eigenvalue weighted by Crippen LogP contribution is -2.31. The Morgan fingerprint density at radius 3 is 2.25 bits per heavy atom. The average molecular weight is 381 g/mol. The minimum Gasteiger partial charge on any atom is -0.497 e. The standard InChI is InChI=1S/C22H27N3O3/c1-17(26)25(20-9-11-21(28-2)12-10-20)16-13-22(27)23-18-5-7-19(8-6-18)24-14-3-4-15-24/h5-12H,3-4,13-16H2,1-2H3,(H,23,27). The fourth-order valence-corrected chi connectivity index (χ4v) is 3.40. The second-order valence-electron chi connectivity index (χ2n) is 6.91. The molecule has 2 aromatic carbocycles. The third kappa shape index (κ3) is 5.03. The summed E-state index contributed by atoms with van der Waals surface area (Å²) in [6, 6.07) is 15.2. The molecule has 1 aliphatic heterocycles. The zero-order chi connectivity index (χ0) is 19.9. The Labute approximate surface area is 166 Å². The molecule has 0 bridgehead atoms. The van der Waals surface area contributed by atoms with Gasteiger partial charge in [-0.25, -0.2) is 0 Å². The molecule has 0 unspecified atom stereocenters. The van der Waals surface area contributed by atoms with E-state index in [0.29, 0.717) is 6.54 Å². The number of benzene rings is 2. The van der Waals surface area contributed by atoms with Gasteiger partial charge in [0.05, 0.1) is 7.11 Å². The van der Waals surface area contributed by atoms with Gasteiger partial charge in [-0.15, -0.1) is 0 Å². The van der Waals surface area contributed by atoms with E-state index in [2.05, 4.69) is 10.2 Å². The van der Waals surface area contributed by atoms with Crippen LogP contribution in [-0.4, -0.2) is 38.6 Å². The number of hydrogen-bond acceptors (Lipinski definition) is 4. The van der Waals surface area contributed by atoms with Crippen molar-refractivity contribution < 1.29 is 14.3 Å². The number of amides is 2. The van der Waals surface area contributed by atoms with Crippen molar-refractivity contribution in [1.29, 1.82) is 0 Å². The molecule has 0 aliphatic carbocycles. The molecule has 1 N–H and O–H groups in total. The Hall–Kier alpha value is -3.02. The number of nitrogens with one attached hydrogen (secondary N) is 1. The van der Waals surface area contributed by atoms with E-state index < -0.39 is 0 Å². The monoisotopic (exact) mass is 381 g/mol. The molecular formula is C22H27N3O3. The van der Waals surface area contributed by atoms with Crippen LogP contribution in [0.5, 0.6) is 5.75 Å². The SMILES string of the molecule is COc1ccc(N(CCC(=O)Nc2ccc(N3CCCC3)cc2)C(C)=O)cc1. The lowest BCUT2D eigenvalue weighted by Gasteiger charge is -2.21. The van der Waals surface area contributed by atoms with Crippen molar-refractivity contribution in [2.24, 2.45) is 0 Å². The molecule has 1 fully saturated rings. The Bertz CT molecular complexity index is 797. The maximum Gasteiger partial charge on any atom is 0.226 e. The molecule has 6 heteroatoms. The number of methoxy groups -OCH3 is 1. The molecule has 0 aromatic heterocycles. The highest BCUT2D eigenvalue weighted by Gasteiger charge is 2.15. The summed E-state index contributed by atoms with van der Waals surface area (Å²) in [6.45, 7) is 4.01. The summed E-state index contributed by atoms with van der Waals surface area (Å²) in [5.41, 5.74) is 2.71. The molecular weight excluding hydrogens is 354 g/mol. The summed E-state index contributed by atoms with van der Waals surface area (Å²) < 4.78 is 5.14. The molecule has 3 rings (SSSR count). The molecule has 0 spiro atoms. The van der Waals surface area contributed by atoms with Crippen molar-refractivity contribution >= 4 is 28.9 Å². The van der Waals surface area contributed by atoms with E-state index in [0.717, 1.165) is 30.2 Å². The first-order valence-corrected chi connectivity index (χ1v) is 9.64. The van der Waals surface area contributed by atoms with E-state index in [4.69, 9.17) is 4.74 Å². The van der Waals surface area contributed by atoms with Crippen molar-refractivity contribution in [2.75, 3.05) is 41.9 Å². The van der Waals surface area contributed by atoms with Crippen LogP contribution in [0.15, 0.2) is 48.5 Å². The first kappa shape index (κ1) is 19.7. The normalized spacial score (nSPS) is 13.3. The Kier molecular flexibility index (Phi) is 6.53. The van der Waals surface area contributed by atoms with Gasteiger partial charge in [-0.2, -0.15) is 0 Å². The van der Waals surface area contributed by atoms with Crippen molar-refractivity contribution in [3.05, 3.63) is 48.5 Å². The average Bonchev–Trinajstić information content (AvgIpc) is 3.24. The predicted molar refractivity (Wildman–Crippen MR) is 112 cm³/mol. The maximum absolute atomic E-state index is 12.3. The summed E-state index contributed by atoms with van der Waals surface area (Å²) >= 11 is 0. The Balaban J connectivity index is 1.54. The smallest absolute Gasteiger partial charge is 0.226 e. The van der Waals surface area contributed by atoms with Gasteiger partial charge in [0.1, 0.15) is 5.75 Å². The number of nitrogens with zero attached hydrogens (tertiary/aromatic N) is 2. The number of hydrogen-bond donors (Lipinski definition) is 1. The molecule has 6 nitrogen and oxygen atoms in total. The van der Waals surface area contributed by atoms with Crippen LogP contribution >= 0.6 is 0 Å². The van der Waals surface area contributed by atoms with Crippen LogP contribution in [0.4, 0.5) is 17.1 Å². The van der Waals surface area contributed by atoms with E-state index in [1.165, 1.54) is 25.5 Å². The molecule has 2 aromatic rings. The zero-order valence-corrected chi connectivity index (χ0v) is 16.5. The zero-order valence-electron chi connectivity index (χ0n) is 16.5. The van der Waals surface area contributed by atoms with Crippen LogP contribution in [0.3, 0.4) is 0 Å². The number of rotatable bonds is 7. The third-order valence-electron chi connectivity index (χ3n) is 4.95. The van der Waals surface area contributed by atoms with Gasteiger partial charge in [-0.05, 0) is 61.4 Å². The number of anilines is 3. The highest BCUT2D eigenvalue weighted by atomic mass is 16.5. The minimum atomic E-state index is -0.117. The van der Waals surface area contributed by atoms with Crippen LogP contribution < -0.4 is 19.9 Å². The molecule has 28 heavy (non-hydrogen) atoms. The number of carbonyl (C=O) groups excluding carboxylic acids is 2. The fraction of sp³-hybridized carbons (Fsp3) is 0.364. The molecule has 0 radical (unpaired) electrons. The van der Waals surface area contributed by atoms with E-state index in [1.54, 1.807) is 24.1 Å². The first-order chi connectivity index (χ1) is 13.6. The van der Waals surface area contributed by atoms with Gasteiger partial charge in [0.2, 0.25) is 11.8 Å². The second kappa shape index (κ2) is 9.26.